The molecular formula is C11H10BrN3O. The van der Waals surface area contributed by atoms with Crippen LogP contribution in [0.5, 0.6) is 0 Å². The Kier molecular flexibility index (Phi) is 2.78. The largest absolute Gasteiger partial charge is 0.409 e. The van der Waals surface area contributed by atoms with E-state index in [9.17, 15) is 0 Å². The molecule has 0 saturated heterocycles. The number of halogens is 1. The highest BCUT2D eigenvalue weighted by Crippen LogP contribution is 2.26. The van der Waals surface area contributed by atoms with Crippen molar-refractivity contribution in [3.63, 3.8) is 0 Å². The molecule has 2 aromatic rings. The van der Waals surface area contributed by atoms with Crippen LogP contribution >= 0.6 is 15.9 Å². The summed E-state index contributed by atoms with van der Waals surface area (Å²) in [6.07, 6.45) is 1.63. The third-order valence-electron chi connectivity index (χ3n) is 2.32. The Morgan fingerprint density at radius 2 is 2.19 bits per heavy atom. The van der Waals surface area contributed by atoms with Crippen molar-refractivity contribution in [1.29, 1.82) is 0 Å². The fourth-order valence-corrected chi connectivity index (χ4v) is 2.33. The molecule has 0 amide bonds. The van der Waals surface area contributed by atoms with Gasteiger partial charge in [0, 0.05) is 16.1 Å². The van der Waals surface area contributed by atoms with Gasteiger partial charge in [-0.15, -0.1) is 0 Å². The van der Waals surface area contributed by atoms with Crippen molar-refractivity contribution in [3.8, 4) is 0 Å². The van der Waals surface area contributed by atoms with E-state index in [1.165, 1.54) is 0 Å². The van der Waals surface area contributed by atoms with E-state index in [-0.39, 0.29) is 5.84 Å². The van der Waals surface area contributed by atoms with Crippen LogP contribution in [0.1, 0.15) is 11.3 Å². The maximum atomic E-state index is 8.70. The lowest BCUT2D eigenvalue weighted by Gasteiger charge is -2.06. The quantitative estimate of drug-likeness (QED) is 0.364. The highest BCUT2D eigenvalue weighted by molar-refractivity contribution is 9.10. The van der Waals surface area contributed by atoms with E-state index in [2.05, 4.69) is 26.1 Å². The molecule has 16 heavy (non-hydrogen) atoms. The monoisotopic (exact) mass is 279 g/mol. The minimum absolute atomic E-state index is 0.0168. The molecule has 1 heterocycles. The van der Waals surface area contributed by atoms with Crippen molar-refractivity contribution in [1.82, 2.24) is 4.98 Å². The molecule has 0 atom stereocenters. The number of aromatic nitrogens is 1. The average molecular weight is 280 g/mol. The van der Waals surface area contributed by atoms with Gasteiger partial charge in [-0.3, -0.25) is 4.98 Å². The number of nitrogens with zero attached hydrogens (tertiary/aromatic N) is 2. The first-order valence-corrected chi connectivity index (χ1v) is 5.45. The van der Waals surface area contributed by atoms with Gasteiger partial charge in [0.1, 0.15) is 5.69 Å². The summed E-state index contributed by atoms with van der Waals surface area (Å²) in [7, 11) is 0. The standard InChI is InChI=1S/C11H10BrN3O/c1-6-4-8-7(9(12)5-6)2-3-14-10(8)11(13)15-16/h2-5,16H,1H3,(H2,13,15). The molecular weight excluding hydrogens is 270 g/mol. The fraction of sp³-hybridized carbons (Fsp3) is 0.0909. The molecule has 4 nitrogen and oxygen atoms in total. The molecule has 82 valence electrons. The predicted octanol–water partition coefficient (Wildman–Crippen LogP) is 2.40. The summed E-state index contributed by atoms with van der Waals surface area (Å²) in [6, 6.07) is 5.85. The fourth-order valence-electron chi connectivity index (χ4n) is 1.63. The second-order valence-corrected chi connectivity index (χ2v) is 4.34. The Balaban J connectivity index is 2.87. The third-order valence-corrected chi connectivity index (χ3v) is 2.98. The second kappa shape index (κ2) is 4.09. The van der Waals surface area contributed by atoms with Gasteiger partial charge >= 0.3 is 0 Å². The van der Waals surface area contributed by atoms with Crippen molar-refractivity contribution < 1.29 is 5.21 Å². The zero-order valence-corrected chi connectivity index (χ0v) is 10.2. The van der Waals surface area contributed by atoms with Gasteiger partial charge in [-0.2, -0.15) is 0 Å². The summed E-state index contributed by atoms with van der Waals surface area (Å²) >= 11 is 3.48. The molecule has 0 saturated carbocycles. The van der Waals surface area contributed by atoms with Crippen molar-refractivity contribution in [2.75, 3.05) is 0 Å². The first kappa shape index (κ1) is 10.9. The van der Waals surface area contributed by atoms with Gasteiger partial charge in [-0.1, -0.05) is 21.1 Å². The molecule has 0 spiro atoms. The van der Waals surface area contributed by atoms with E-state index in [4.69, 9.17) is 10.9 Å². The Morgan fingerprint density at radius 1 is 1.44 bits per heavy atom. The molecule has 2 rings (SSSR count). The highest BCUT2D eigenvalue weighted by atomic mass is 79.9. The van der Waals surface area contributed by atoms with Crippen LogP contribution in [0.2, 0.25) is 0 Å². The summed E-state index contributed by atoms with van der Waals surface area (Å²) < 4.78 is 0.969. The number of pyridine rings is 1. The second-order valence-electron chi connectivity index (χ2n) is 3.49. The first-order chi connectivity index (χ1) is 7.63. The summed E-state index contributed by atoms with van der Waals surface area (Å²) in [5.41, 5.74) is 7.16. The highest BCUT2D eigenvalue weighted by Gasteiger charge is 2.09. The van der Waals surface area contributed by atoms with Gasteiger partial charge < -0.3 is 10.9 Å². The molecule has 0 aliphatic carbocycles. The van der Waals surface area contributed by atoms with E-state index in [0.717, 1.165) is 20.8 Å². The van der Waals surface area contributed by atoms with Crippen LogP contribution in [-0.2, 0) is 0 Å². The van der Waals surface area contributed by atoms with E-state index >= 15 is 0 Å². The molecule has 5 heteroatoms. The molecule has 0 bridgehead atoms. The summed E-state index contributed by atoms with van der Waals surface area (Å²) in [6.45, 7) is 1.98. The molecule has 0 fully saturated rings. The Bertz CT molecular complexity index is 581. The van der Waals surface area contributed by atoms with Crippen molar-refractivity contribution in [3.05, 3.63) is 40.1 Å². The molecule has 0 aliphatic rings. The number of aryl methyl sites for hydroxylation is 1. The SMILES string of the molecule is Cc1cc(Br)c2ccnc(/C(N)=N/O)c2c1. The van der Waals surface area contributed by atoms with Gasteiger partial charge in [0.15, 0.2) is 5.84 Å². The van der Waals surface area contributed by atoms with Crippen molar-refractivity contribution in [2.45, 2.75) is 6.92 Å². The minimum Gasteiger partial charge on any atom is -0.409 e. The number of nitrogens with two attached hydrogens (primary N) is 1. The lowest BCUT2D eigenvalue weighted by atomic mass is 10.1. The Morgan fingerprint density at radius 3 is 2.88 bits per heavy atom. The normalized spacial score (nSPS) is 12.0. The molecule has 0 unspecified atom stereocenters. The molecule has 1 aromatic carbocycles. The zero-order chi connectivity index (χ0) is 11.7. The number of amidine groups is 1. The van der Waals surface area contributed by atoms with Crippen LogP contribution < -0.4 is 5.73 Å². The van der Waals surface area contributed by atoms with Crippen molar-refractivity contribution in [2.24, 2.45) is 10.9 Å². The number of benzene rings is 1. The van der Waals surface area contributed by atoms with Crippen LogP contribution in [0.3, 0.4) is 0 Å². The lowest BCUT2D eigenvalue weighted by Crippen LogP contribution is -2.15. The number of hydrogen-bond donors (Lipinski definition) is 2. The van der Waals surface area contributed by atoms with Gasteiger partial charge in [0.25, 0.3) is 0 Å². The Hall–Kier alpha value is -1.62. The summed E-state index contributed by atoms with van der Waals surface area (Å²) in [4.78, 5) is 4.12. The van der Waals surface area contributed by atoms with Crippen LogP contribution in [0.4, 0.5) is 0 Å². The molecule has 3 N–H and O–H groups in total. The van der Waals surface area contributed by atoms with Gasteiger partial charge in [-0.25, -0.2) is 0 Å². The van der Waals surface area contributed by atoms with E-state index in [0.29, 0.717) is 5.69 Å². The topological polar surface area (TPSA) is 71.5 Å². The number of rotatable bonds is 1. The number of fused-ring (bicyclic) bond motifs is 1. The van der Waals surface area contributed by atoms with E-state index in [1.807, 2.05) is 25.1 Å². The van der Waals surface area contributed by atoms with E-state index < -0.39 is 0 Å². The smallest absolute Gasteiger partial charge is 0.189 e. The number of oxime groups is 1. The van der Waals surface area contributed by atoms with Crippen LogP contribution in [-0.4, -0.2) is 16.0 Å². The molecule has 0 radical (unpaired) electrons. The summed E-state index contributed by atoms with van der Waals surface area (Å²) in [5.74, 6) is 0.0168. The van der Waals surface area contributed by atoms with Gasteiger partial charge in [0.05, 0.1) is 0 Å². The van der Waals surface area contributed by atoms with Crippen LogP contribution in [0, 0.1) is 6.92 Å². The van der Waals surface area contributed by atoms with Gasteiger partial charge in [0.2, 0.25) is 0 Å². The Labute approximate surface area is 101 Å². The zero-order valence-electron chi connectivity index (χ0n) is 8.61. The van der Waals surface area contributed by atoms with Gasteiger partial charge in [-0.05, 0) is 36.1 Å². The molecule has 1 aromatic heterocycles. The summed E-state index contributed by atoms with van der Waals surface area (Å²) in [5, 5.41) is 13.5. The van der Waals surface area contributed by atoms with Crippen LogP contribution in [0.15, 0.2) is 34.0 Å². The third kappa shape index (κ3) is 1.74. The van der Waals surface area contributed by atoms with E-state index in [1.54, 1.807) is 6.20 Å². The van der Waals surface area contributed by atoms with Crippen molar-refractivity contribution >= 4 is 32.5 Å². The maximum Gasteiger partial charge on any atom is 0.189 e. The predicted molar refractivity (Wildman–Crippen MR) is 66.7 cm³/mol. The lowest BCUT2D eigenvalue weighted by molar-refractivity contribution is 0.318. The number of hydrogen-bond acceptors (Lipinski definition) is 3. The van der Waals surface area contributed by atoms with Crippen LogP contribution in [0.25, 0.3) is 10.8 Å². The minimum atomic E-state index is 0.0168. The average Bonchev–Trinajstić information content (AvgIpc) is 2.27. The first-order valence-electron chi connectivity index (χ1n) is 4.66. The maximum absolute atomic E-state index is 8.70. The molecule has 0 aliphatic heterocycles.